The molecule has 3 atom stereocenters. The minimum Gasteiger partial charge on any atom is -0.379 e. The maximum Gasteiger partial charge on any atom is 0.242 e. The van der Waals surface area contributed by atoms with Crippen LogP contribution in [0.15, 0.2) is 18.2 Å². The van der Waals surface area contributed by atoms with Gasteiger partial charge in [-0.2, -0.15) is 0 Å². The number of aromatic nitrogens is 2. The van der Waals surface area contributed by atoms with Gasteiger partial charge in [0.2, 0.25) is 11.9 Å². The van der Waals surface area contributed by atoms with Crippen molar-refractivity contribution in [3.63, 3.8) is 0 Å². The number of nitrogens with zero attached hydrogens (tertiary/aromatic N) is 4. The lowest BCUT2D eigenvalue weighted by atomic mass is 10.1. The normalized spacial score (nSPS) is 25.4. The number of benzene rings is 1. The Morgan fingerprint density at radius 3 is 2.96 bits per heavy atom. The van der Waals surface area contributed by atoms with Crippen LogP contribution in [0.3, 0.4) is 0 Å². The number of carbonyl (C=O) groups is 1. The molecular weight excluding hydrogens is 368 g/mol. The van der Waals surface area contributed by atoms with E-state index in [9.17, 15) is 13.6 Å². The summed E-state index contributed by atoms with van der Waals surface area (Å²) < 4.78 is 34.8. The number of halogens is 2. The number of hydrogen-bond donors (Lipinski definition) is 1. The molecular formula is C19H25F2N5O2. The fourth-order valence-electron chi connectivity index (χ4n) is 3.89. The monoisotopic (exact) mass is 393 g/mol. The number of rotatable bonds is 4. The summed E-state index contributed by atoms with van der Waals surface area (Å²) in [6.07, 6.45) is 0.0425. The Bertz CT molecular complexity index is 867. The molecule has 28 heavy (non-hydrogen) atoms. The van der Waals surface area contributed by atoms with Crippen molar-refractivity contribution in [3.05, 3.63) is 24.0 Å². The van der Waals surface area contributed by atoms with E-state index in [1.54, 1.807) is 22.6 Å². The molecule has 9 heteroatoms. The van der Waals surface area contributed by atoms with Crippen LogP contribution >= 0.6 is 0 Å². The average Bonchev–Trinajstić information content (AvgIpc) is 3.32. The van der Waals surface area contributed by atoms with Crippen molar-refractivity contribution in [2.24, 2.45) is 5.73 Å². The smallest absolute Gasteiger partial charge is 0.242 e. The van der Waals surface area contributed by atoms with Crippen LogP contribution in [0.2, 0.25) is 0 Å². The summed E-state index contributed by atoms with van der Waals surface area (Å²) >= 11 is 0. The van der Waals surface area contributed by atoms with Crippen molar-refractivity contribution in [1.82, 2.24) is 14.5 Å². The highest BCUT2D eigenvalue weighted by Gasteiger charge is 2.31. The average molecular weight is 393 g/mol. The van der Waals surface area contributed by atoms with Gasteiger partial charge in [0.25, 0.3) is 0 Å². The van der Waals surface area contributed by atoms with E-state index >= 15 is 0 Å². The Labute approximate surface area is 162 Å². The van der Waals surface area contributed by atoms with E-state index in [-0.39, 0.29) is 18.5 Å². The number of piperidine rings is 1. The second kappa shape index (κ2) is 7.63. The van der Waals surface area contributed by atoms with E-state index in [1.807, 2.05) is 4.90 Å². The van der Waals surface area contributed by atoms with Crippen LogP contribution in [0, 0.1) is 5.82 Å². The Morgan fingerprint density at radius 1 is 1.43 bits per heavy atom. The lowest BCUT2D eigenvalue weighted by molar-refractivity contribution is -0.132. The summed E-state index contributed by atoms with van der Waals surface area (Å²) in [7, 11) is 1.76. The quantitative estimate of drug-likeness (QED) is 0.847. The van der Waals surface area contributed by atoms with Gasteiger partial charge in [-0.25, -0.2) is 13.8 Å². The van der Waals surface area contributed by atoms with E-state index in [0.29, 0.717) is 49.7 Å². The zero-order valence-corrected chi connectivity index (χ0v) is 15.9. The molecule has 0 radical (unpaired) electrons. The lowest BCUT2D eigenvalue weighted by Gasteiger charge is -2.34. The summed E-state index contributed by atoms with van der Waals surface area (Å²) in [5.74, 6) is 0.0155. The number of alkyl halides is 1. The van der Waals surface area contributed by atoms with Gasteiger partial charge in [-0.05, 0) is 31.0 Å². The van der Waals surface area contributed by atoms with Crippen molar-refractivity contribution in [2.45, 2.75) is 37.6 Å². The molecule has 1 aromatic carbocycles. The molecule has 0 saturated carbocycles. The Balaban J connectivity index is 1.66. The zero-order chi connectivity index (χ0) is 19.8. The summed E-state index contributed by atoms with van der Waals surface area (Å²) in [6.45, 7) is 1.93. The van der Waals surface area contributed by atoms with Gasteiger partial charge in [-0.15, -0.1) is 0 Å². The molecule has 2 fully saturated rings. The van der Waals surface area contributed by atoms with E-state index in [4.69, 9.17) is 10.5 Å². The van der Waals surface area contributed by atoms with E-state index in [0.717, 1.165) is 6.42 Å². The molecule has 4 rings (SSSR count). The highest BCUT2D eigenvalue weighted by molar-refractivity contribution is 5.83. The van der Waals surface area contributed by atoms with Gasteiger partial charge in [0.1, 0.15) is 18.5 Å². The summed E-state index contributed by atoms with van der Waals surface area (Å²) in [6, 6.07) is 3.73. The first-order valence-electron chi connectivity index (χ1n) is 9.58. The maximum atomic E-state index is 13.9. The number of amides is 1. The zero-order valence-electron chi connectivity index (χ0n) is 15.9. The highest BCUT2D eigenvalue weighted by Crippen LogP contribution is 2.27. The van der Waals surface area contributed by atoms with Crippen molar-refractivity contribution >= 4 is 22.9 Å². The molecule has 2 aliphatic heterocycles. The molecule has 2 saturated heterocycles. The fraction of sp³-hybridized carbons (Fsp3) is 0.579. The number of carbonyl (C=O) groups excluding carboxylic acids is 1. The number of fused-ring (bicyclic) bond motifs is 1. The minimum absolute atomic E-state index is 0.0209. The van der Waals surface area contributed by atoms with Gasteiger partial charge in [0.15, 0.2) is 0 Å². The SMILES string of the molecule is CN(C(=O)Cn1c(N2CC[C@@H](F)[C@H](N)C2)nc2ccc(F)cc21)[C@H]1CCOC1. The summed E-state index contributed by atoms with van der Waals surface area (Å²) in [4.78, 5) is 21.1. The van der Waals surface area contributed by atoms with Crippen LogP contribution < -0.4 is 10.6 Å². The van der Waals surface area contributed by atoms with Crippen LogP contribution in [0.4, 0.5) is 14.7 Å². The molecule has 7 nitrogen and oxygen atoms in total. The Morgan fingerprint density at radius 2 is 2.25 bits per heavy atom. The molecule has 0 aliphatic carbocycles. The minimum atomic E-state index is -1.05. The molecule has 1 amide bonds. The molecule has 0 unspecified atom stereocenters. The molecule has 3 heterocycles. The first-order valence-corrected chi connectivity index (χ1v) is 9.58. The van der Waals surface area contributed by atoms with Crippen molar-refractivity contribution < 1.29 is 18.3 Å². The van der Waals surface area contributed by atoms with Crippen LogP contribution in [-0.2, 0) is 16.1 Å². The van der Waals surface area contributed by atoms with E-state index < -0.39 is 18.0 Å². The van der Waals surface area contributed by atoms with Gasteiger partial charge in [0.05, 0.1) is 29.7 Å². The predicted octanol–water partition coefficient (Wildman–Crippen LogP) is 1.30. The van der Waals surface area contributed by atoms with Gasteiger partial charge in [-0.1, -0.05) is 0 Å². The molecule has 0 bridgehead atoms. The third-order valence-corrected chi connectivity index (χ3v) is 5.68. The second-order valence-electron chi connectivity index (χ2n) is 7.57. The van der Waals surface area contributed by atoms with Crippen LogP contribution in [0.25, 0.3) is 11.0 Å². The first-order chi connectivity index (χ1) is 13.4. The fourth-order valence-corrected chi connectivity index (χ4v) is 3.89. The van der Waals surface area contributed by atoms with Gasteiger partial charge in [-0.3, -0.25) is 4.79 Å². The topological polar surface area (TPSA) is 76.6 Å². The molecule has 1 aromatic heterocycles. The lowest BCUT2D eigenvalue weighted by Crippen LogP contribution is -2.50. The molecule has 2 N–H and O–H groups in total. The number of imidazole rings is 1. The number of hydrogen-bond acceptors (Lipinski definition) is 5. The maximum absolute atomic E-state index is 13.9. The number of ether oxygens (including phenoxy) is 1. The number of likely N-dealkylation sites (N-methyl/N-ethyl adjacent to an activating group) is 1. The Hall–Kier alpha value is -2.26. The Kier molecular flexibility index (Phi) is 5.20. The van der Waals surface area contributed by atoms with Gasteiger partial charge in [0, 0.05) is 26.7 Å². The third-order valence-electron chi connectivity index (χ3n) is 5.68. The van der Waals surface area contributed by atoms with Crippen LogP contribution in [0.5, 0.6) is 0 Å². The standard InChI is InChI=1S/C19H25F2N5O2/c1-24(13-5-7-28-11-13)18(27)10-26-17-8-12(20)2-3-16(17)23-19(26)25-6-4-14(21)15(22)9-25/h2-3,8,13-15H,4-7,9-11,22H2,1H3/t13-,14+,15+/m0/s1. The van der Waals surface area contributed by atoms with Crippen molar-refractivity contribution in [1.29, 1.82) is 0 Å². The van der Waals surface area contributed by atoms with Crippen LogP contribution in [0.1, 0.15) is 12.8 Å². The van der Waals surface area contributed by atoms with E-state index in [2.05, 4.69) is 4.98 Å². The van der Waals surface area contributed by atoms with Crippen molar-refractivity contribution in [3.8, 4) is 0 Å². The number of nitrogens with two attached hydrogens (primary N) is 1. The summed E-state index contributed by atoms with van der Waals surface area (Å²) in [5.41, 5.74) is 7.03. The molecule has 2 aliphatic rings. The number of anilines is 1. The van der Waals surface area contributed by atoms with E-state index in [1.165, 1.54) is 12.1 Å². The highest BCUT2D eigenvalue weighted by atomic mass is 19.1. The second-order valence-corrected chi connectivity index (χ2v) is 7.57. The molecule has 152 valence electrons. The largest absolute Gasteiger partial charge is 0.379 e. The third kappa shape index (κ3) is 3.56. The van der Waals surface area contributed by atoms with Crippen LogP contribution in [-0.4, -0.2) is 72.0 Å². The predicted molar refractivity (Wildman–Crippen MR) is 101 cm³/mol. The summed E-state index contributed by atoms with van der Waals surface area (Å²) in [5, 5.41) is 0. The van der Waals surface area contributed by atoms with Gasteiger partial charge >= 0.3 is 0 Å². The molecule has 2 aromatic rings. The van der Waals surface area contributed by atoms with Gasteiger partial charge < -0.3 is 24.8 Å². The molecule has 0 spiro atoms. The van der Waals surface area contributed by atoms with Crippen molar-refractivity contribution in [2.75, 3.05) is 38.3 Å². The first kappa shape index (κ1) is 19.1.